The Morgan fingerprint density at radius 1 is 1.06 bits per heavy atom. The third-order valence-corrected chi connectivity index (χ3v) is 7.10. The molecule has 1 N–H and O–H groups in total. The van der Waals surface area contributed by atoms with Gasteiger partial charge in [-0.2, -0.15) is 0 Å². The third-order valence-electron chi connectivity index (χ3n) is 4.69. The topological polar surface area (TPSA) is 59.9 Å². The number of hydrogen-bond donors (Lipinski definition) is 1. The van der Waals surface area contributed by atoms with E-state index in [2.05, 4.69) is 26.2 Å². The zero-order chi connectivity index (χ0) is 24.1. The second-order valence-electron chi connectivity index (χ2n) is 7.08. The number of benzene rings is 3. The normalized spacial score (nSPS) is 15.6. The van der Waals surface area contributed by atoms with Crippen LogP contribution < -0.4 is 14.8 Å². The van der Waals surface area contributed by atoms with Gasteiger partial charge in [-0.25, -0.2) is 4.99 Å². The minimum atomic E-state index is -0.254. The molecule has 0 atom stereocenters. The number of ether oxygens (including phenoxy) is 2. The first-order chi connectivity index (χ1) is 16.4. The Kier molecular flexibility index (Phi) is 8.21. The van der Waals surface area contributed by atoms with E-state index in [1.807, 2.05) is 49.4 Å². The highest BCUT2D eigenvalue weighted by molar-refractivity contribution is 9.10. The summed E-state index contributed by atoms with van der Waals surface area (Å²) in [6.45, 7) is 2.80. The van der Waals surface area contributed by atoms with Crippen molar-refractivity contribution in [2.75, 3.05) is 6.61 Å². The van der Waals surface area contributed by atoms with Crippen LogP contribution in [0.3, 0.4) is 0 Å². The highest BCUT2D eigenvalue weighted by atomic mass is 79.9. The Morgan fingerprint density at radius 2 is 1.82 bits per heavy atom. The van der Waals surface area contributed by atoms with Gasteiger partial charge in [0.05, 0.1) is 27.2 Å². The molecule has 1 fully saturated rings. The molecule has 0 saturated carbocycles. The number of nitrogens with zero attached hydrogens (tertiary/aromatic N) is 1. The molecule has 1 aliphatic rings. The van der Waals surface area contributed by atoms with Crippen molar-refractivity contribution < 1.29 is 14.3 Å². The predicted octanol–water partition coefficient (Wildman–Crippen LogP) is 7.63. The monoisotopic (exact) mass is 576 g/mol. The van der Waals surface area contributed by atoms with Gasteiger partial charge in [-0.3, -0.25) is 4.79 Å². The molecule has 3 aromatic rings. The van der Waals surface area contributed by atoms with Crippen LogP contribution in [0, 0.1) is 0 Å². The number of nitrogens with one attached hydrogen (secondary N) is 1. The van der Waals surface area contributed by atoms with Crippen LogP contribution in [0.5, 0.6) is 11.5 Å². The second-order valence-corrected chi connectivity index (χ2v) is 9.75. The summed E-state index contributed by atoms with van der Waals surface area (Å²) in [7, 11) is 0. The number of carbonyl (C=O) groups is 1. The van der Waals surface area contributed by atoms with Gasteiger partial charge in [-0.05, 0) is 60.2 Å². The van der Waals surface area contributed by atoms with Crippen LogP contribution in [0.1, 0.15) is 18.1 Å². The molecule has 1 amide bonds. The number of amidine groups is 1. The van der Waals surface area contributed by atoms with Gasteiger partial charge in [0.1, 0.15) is 6.61 Å². The van der Waals surface area contributed by atoms with Gasteiger partial charge < -0.3 is 14.8 Å². The number of thioether (sulfide) groups is 1. The fourth-order valence-corrected chi connectivity index (χ4v) is 4.69. The van der Waals surface area contributed by atoms with Gasteiger partial charge in [0.15, 0.2) is 16.7 Å². The standard InChI is InChI=1S/C25H19BrCl2N2O3S/c1-2-32-20-11-16(17(26)13-21(20)33-14-15-7-4-3-5-8-15)12-22-24(31)30-25(34-22)29-19-10-6-9-18(27)23(19)28/h3-13H,2,14H2,1H3,(H,29,30,31)/b22-12+. The summed E-state index contributed by atoms with van der Waals surface area (Å²) in [5.41, 5.74) is 2.31. The van der Waals surface area contributed by atoms with Crippen molar-refractivity contribution in [3.05, 3.63) is 91.2 Å². The number of halogens is 3. The van der Waals surface area contributed by atoms with Gasteiger partial charge in [0.2, 0.25) is 0 Å². The van der Waals surface area contributed by atoms with Crippen LogP contribution in [0.2, 0.25) is 10.0 Å². The highest BCUT2D eigenvalue weighted by Gasteiger charge is 2.25. The van der Waals surface area contributed by atoms with E-state index in [4.69, 9.17) is 32.7 Å². The average Bonchev–Trinajstić information content (AvgIpc) is 3.17. The van der Waals surface area contributed by atoms with Gasteiger partial charge >= 0.3 is 0 Å². The molecule has 0 aliphatic carbocycles. The minimum Gasteiger partial charge on any atom is -0.490 e. The lowest BCUT2D eigenvalue weighted by Gasteiger charge is -2.14. The summed E-state index contributed by atoms with van der Waals surface area (Å²) in [6, 6.07) is 18.8. The van der Waals surface area contributed by atoms with Crippen molar-refractivity contribution in [3.63, 3.8) is 0 Å². The van der Waals surface area contributed by atoms with Crippen LogP contribution in [-0.2, 0) is 11.4 Å². The van der Waals surface area contributed by atoms with Gasteiger partial charge in [0.25, 0.3) is 5.91 Å². The van der Waals surface area contributed by atoms with Crippen LogP contribution in [0.4, 0.5) is 5.69 Å². The van der Waals surface area contributed by atoms with Crippen molar-refractivity contribution in [1.82, 2.24) is 5.32 Å². The zero-order valence-electron chi connectivity index (χ0n) is 18.0. The van der Waals surface area contributed by atoms with Crippen LogP contribution in [-0.4, -0.2) is 17.7 Å². The first-order valence-electron chi connectivity index (χ1n) is 10.3. The molecule has 5 nitrogen and oxygen atoms in total. The lowest BCUT2D eigenvalue weighted by atomic mass is 10.1. The smallest absolute Gasteiger partial charge is 0.264 e. The first-order valence-corrected chi connectivity index (χ1v) is 12.7. The van der Waals surface area contributed by atoms with E-state index < -0.39 is 0 Å². The Labute approximate surface area is 220 Å². The van der Waals surface area contributed by atoms with Crippen molar-refractivity contribution >= 4 is 73.7 Å². The molecule has 0 radical (unpaired) electrons. The first kappa shape index (κ1) is 24.7. The number of rotatable bonds is 7. The molecule has 1 heterocycles. The highest BCUT2D eigenvalue weighted by Crippen LogP contribution is 2.38. The molecule has 0 spiro atoms. The van der Waals surface area contributed by atoms with Crippen LogP contribution in [0.15, 0.2) is 75.0 Å². The van der Waals surface area contributed by atoms with E-state index in [0.717, 1.165) is 15.6 Å². The van der Waals surface area contributed by atoms with E-state index in [0.29, 0.717) is 50.5 Å². The molecule has 174 valence electrons. The summed E-state index contributed by atoms with van der Waals surface area (Å²) in [5.74, 6) is 0.953. The van der Waals surface area contributed by atoms with Crippen molar-refractivity contribution in [2.24, 2.45) is 4.99 Å². The fourth-order valence-electron chi connectivity index (χ4n) is 3.09. The summed E-state index contributed by atoms with van der Waals surface area (Å²) >= 11 is 17.1. The third kappa shape index (κ3) is 5.96. The van der Waals surface area contributed by atoms with E-state index in [-0.39, 0.29) is 5.91 Å². The average molecular weight is 578 g/mol. The van der Waals surface area contributed by atoms with Crippen LogP contribution >= 0.6 is 50.9 Å². The molecular formula is C25H19BrCl2N2O3S. The number of amides is 1. The lowest BCUT2D eigenvalue weighted by molar-refractivity contribution is -0.115. The maximum atomic E-state index is 12.6. The van der Waals surface area contributed by atoms with Gasteiger partial charge in [-0.1, -0.05) is 75.5 Å². The summed E-state index contributed by atoms with van der Waals surface area (Å²) < 4.78 is 12.6. The molecule has 0 bridgehead atoms. The molecule has 34 heavy (non-hydrogen) atoms. The maximum absolute atomic E-state index is 12.6. The maximum Gasteiger partial charge on any atom is 0.264 e. The SMILES string of the molecule is CCOc1cc(/C=C2/SC(=Nc3cccc(Cl)c3Cl)NC2=O)c(Br)cc1OCc1ccccc1. The van der Waals surface area contributed by atoms with E-state index in [1.165, 1.54) is 11.8 Å². The minimum absolute atomic E-state index is 0.254. The van der Waals surface area contributed by atoms with Gasteiger partial charge in [0, 0.05) is 4.47 Å². The van der Waals surface area contributed by atoms with E-state index in [9.17, 15) is 4.79 Å². The van der Waals surface area contributed by atoms with Crippen molar-refractivity contribution in [2.45, 2.75) is 13.5 Å². The quantitative estimate of drug-likeness (QED) is 0.293. The summed E-state index contributed by atoms with van der Waals surface area (Å²) in [5, 5.41) is 3.91. The van der Waals surface area contributed by atoms with Gasteiger partial charge in [-0.15, -0.1) is 0 Å². The predicted molar refractivity (Wildman–Crippen MR) is 143 cm³/mol. The largest absolute Gasteiger partial charge is 0.490 e. The summed E-state index contributed by atoms with van der Waals surface area (Å²) in [4.78, 5) is 17.5. The zero-order valence-corrected chi connectivity index (χ0v) is 21.9. The lowest BCUT2D eigenvalue weighted by Crippen LogP contribution is -2.19. The van der Waals surface area contributed by atoms with E-state index >= 15 is 0 Å². The summed E-state index contributed by atoms with van der Waals surface area (Å²) in [6.07, 6.45) is 1.77. The van der Waals surface area contributed by atoms with Crippen molar-refractivity contribution in [1.29, 1.82) is 0 Å². The second kappa shape index (κ2) is 11.3. The number of carbonyl (C=O) groups excluding carboxylic acids is 1. The number of hydrogen-bond acceptors (Lipinski definition) is 5. The fraction of sp³-hybridized carbons (Fsp3) is 0.120. The molecule has 1 aliphatic heterocycles. The number of aliphatic imine (C=N–C) groups is 1. The molecular weight excluding hydrogens is 559 g/mol. The Hall–Kier alpha value is -2.45. The molecule has 4 rings (SSSR count). The molecule has 3 aromatic carbocycles. The molecule has 9 heteroatoms. The Bertz CT molecular complexity index is 1280. The molecule has 0 unspecified atom stereocenters. The van der Waals surface area contributed by atoms with Crippen molar-refractivity contribution in [3.8, 4) is 11.5 Å². The Balaban J connectivity index is 1.58. The van der Waals surface area contributed by atoms with Crippen LogP contribution in [0.25, 0.3) is 6.08 Å². The molecule has 0 aromatic heterocycles. The van der Waals surface area contributed by atoms with E-state index in [1.54, 1.807) is 24.3 Å². The Morgan fingerprint density at radius 3 is 2.59 bits per heavy atom. The molecule has 1 saturated heterocycles.